The Balaban J connectivity index is 1.67. The summed E-state index contributed by atoms with van der Waals surface area (Å²) >= 11 is 0. The molecule has 1 heterocycles. The molecule has 0 aliphatic carbocycles. The molecule has 0 saturated carbocycles. The first kappa shape index (κ1) is 19.5. The van der Waals surface area contributed by atoms with Crippen LogP contribution >= 0.6 is 0 Å². The van der Waals surface area contributed by atoms with Crippen LogP contribution in [0.5, 0.6) is 11.5 Å². The first-order chi connectivity index (χ1) is 13.5. The van der Waals surface area contributed by atoms with Crippen molar-refractivity contribution in [2.75, 3.05) is 37.1 Å². The van der Waals surface area contributed by atoms with E-state index >= 15 is 0 Å². The Morgan fingerprint density at radius 2 is 1.86 bits per heavy atom. The molecule has 0 radical (unpaired) electrons. The van der Waals surface area contributed by atoms with Gasteiger partial charge in [0.1, 0.15) is 11.5 Å². The molecule has 1 saturated heterocycles. The van der Waals surface area contributed by atoms with Crippen LogP contribution in [-0.2, 0) is 4.79 Å². The van der Waals surface area contributed by atoms with Gasteiger partial charge in [-0.15, -0.1) is 0 Å². The van der Waals surface area contributed by atoms with Gasteiger partial charge >= 0.3 is 6.03 Å². The Morgan fingerprint density at radius 3 is 2.50 bits per heavy atom. The smallest absolute Gasteiger partial charge is 0.322 e. The van der Waals surface area contributed by atoms with E-state index in [2.05, 4.69) is 5.32 Å². The van der Waals surface area contributed by atoms with Crippen molar-refractivity contribution in [2.24, 2.45) is 0 Å². The number of rotatable bonds is 6. The third kappa shape index (κ3) is 4.19. The number of anilines is 2. The molecule has 1 aliphatic rings. The molecular formula is C21H25N3O4. The highest BCUT2D eigenvalue weighted by Gasteiger charge is 2.32. The number of ether oxygens (including phenoxy) is 2. The third-order valence-electron chi connectivity index (χ3n) is 4.76. The Morgan fingerprint density at radius 1 is 1.14 bits per heavy atom. The minimum Gasteiger partial charge on any atom is -0.497 e. The molecule has 28 heavy (non-hydrogen) atoms. The molecule has 148 valence electrons. The molecule has 0 aromatic heterocycles. The Labute approximate surface area is 164 Å². The van der Waals surface area contributed by atoms with Crippen LogP contribution in [0.4, 0.5) is 16.2 Å². The van der Waals surface area contributed by atoms with E-state index < -0.39 is 0 Å². The van der Waals surface area contributed by atoms with Crippen molar-refractivity contribution in [1.29, 1.82) is 0 Å². The molecule has 1 N–H and O–H groups in total. The quantitative estimate of drug-likeness (QED) is 0.832. The first-order valence-electron chi connectivity index (χ1n) is 9.22. The summed E-state index contributed by atoms with van der Waals surface area (Å²) in [7, 11) is 3.19. The molecule has 1 atom stereocenters. The van der Waals surface area contributed by atoms with Gasteiger partial charge in [0.2, 0.25) is 5.91 Å². The van der Waals surface area contributed by atoms with E-state index in [9.17, 15) is 9.59 Å². The van der Waals surface area contributed by atoms with Gasteiger partial charge < -0.3 is 19.7 Å². The van der Waals surface area contributed by atoms with Gasteiger partial charge in [0.15, 0.2) is 0 Å². The highest BCUT2D eigenvalue weighted by Crippen LogP contribution is 2.26. The fourth-order valence-corrected chi connectivity index (χ4v) is 3.29. The molecular weight excluding hydrogens is 358 g/mol. The van der Waals surface area contributed by atoms with Crippen molar-refractivity contribution < 1.29 is 19.1 Å². The molecule has 3 rings (SSSR count). The molecule has 7 nitrogen and oxygen atoms in total. The van der Waals surface area contributed by atoms with Gasteiger partial charge in [-0.25, -0.2) is 4.79 Å². The zero-order valence-corrected chi connectivity index (χ0v) is 16.3. The summed E-state index contributed by atoms with van der Waals surface area (Å²) in [6, 6.07) is 14.2. The summed E-state index contributed by atoms with van der Waals surface area (Å²) in [5.41, 5.74) is 1.54. The van der Waals surface area contributed by atoms with Crippen LogP contribution in [0.2, 0.25) is 0 Å². The highest BCUT2D eigenvalue weighted by atomic mass is 16.5. The maximum absolute atomic E-state index is 12.8. The second-order valence-electron chi connectivity index (χ2n) is 6.50. The Hall–Kier alpha value is -3.22. The fourth-order valence-electron chi connectivity index (χ4n) is 3.29. The van der Waals surface area contributed by atoms with Crippen LogP contribution in [0.3, 0.4) is 0 Å². The van der Waals surface area contributed by atoms with Gasteiger partial charge in [-0.3, -0.25) is 9.69 Å². The fraction of sp³-hybridized carbons (Fsp3) is 0.333. The van der Waals surface area contributed by atoms with Crippen LogP contribution in [0.1, 0.15) is 13.3 Å². The summed E-state index contributed by atoms with van der Waals surface area (Å²) in [6.45, 7) is 2.85. The van der Waals surface area contributed by atoms with Crippen molar-refractivity contribution in [3.8, 4) is 11.5 Å². The summed E-state index contributed by atoms with van der Waals surface area (Å²) < 4.78 is 10.4. The number of benzene rings is 2. The molecule has 0 bridgehead atoms. The van der Waals surface area contributed by atoms with E-state index in [1.54, 1.807) is 24.0 Å². The average Bonchev–Trinajstić information content (AvgIpc) is 3.09. The lowest BCUT2D eigenvalue weighted by Gasteiger charge is -2.24. The van der Waals surface area contributed by atoms with Gasteiger partial charge in [-0.05, 0) is 43.3 Å². The maximum Gasteiger partial charge on any atom is 0.322 e. The van der Waals surface area contributed by atoms with Crippen molar-refractivity contribution in [1.82, 2.24) is 5.32 Å². The number of hydrogen-bond donors (Lipinski definition) is 1. The number of amides is 3. The molecule has 2 aromatic rings. The van der Waals surface area contributed by atoms with E-state index in [1.807, 2.05) is 55.5 Å². The van der Waals surface area contributed by atoms with Crippen LogP contribution in [-0.4, -0.2) is 45.3 Å². The predicted molar refractivity (Wildman–Crippen MR) is 108 cm³/mol. The lowest BCUT2D eigenvalue weighted by molar-refractivity contribution is -0.117. The number of carbonyl (C=O) groups excluding carboxylic acids is 2. The molecule has 1 unspecified atom stereocenters. The van der Waals surface area contributed by atoms with Crippen LogP contribution < -0.4 is 24.6 Å². The van der Waals surface area contributed by atoms with E-state index in [1.165, 1.54) is 0 Å². The second-order valence-corrected chi connectivity index (χ2v) is 6.50. The van der Waals surface area contributed by atoms with E-state index in [0.29, 0.717) is 18.8 Å². The Bertz CT molecular complexity index is 838. The standard InChI is InChI=1S/C21H25N3O4/c1-4-23(16-8-10-18(27-2)11-9-16)21(26)22-15-12-20(25)24(14-15)17-6-5-7-19(13-17)28-3/h5-11,13,15H,4,12,14H2,1-3H3,(H,22,26). The summed E-state index contributed by atoms with van der Waals surface area (Å²) in [5.74, 6) is 1.40. The van der Waals surface area contributed by atoms with E-state index in [4.69, 9.17) is 9.47 Å². The van der Waals surface area contributed by atoms with Gasteiger partial charge in [-0.1, -0.05) is 6.07 Å². The Kier molecular flexibility index (Phi) is 6.03. The number of hydrogen-bond acceptors (Lipinski definition) is 4. The molecule has 3 amide bonds. The summed E-state index contributed by atoms with van der Waals surface area (Å²) in [6.07, 6.45) is 0.267. The number of methoxy groups -OCH3 is 2. The van der Waals surface area contributed by atoms with Crippen molar-refractivity contribution in [3.63, 3.8) is 0 Å². The van der Waals surface area contributed by atoms with Gasteiger partial charge in [-0.2, -0.15) is 0 Å². The molecule has 0 spiro atoms. The average molecular weight is 383 g/mol. The zero-order valence-electron chi connectivity index (χ0n) is 16.3. The van der Waals surface area contributed by atoms with E-state index in [0.717, 1.165) is 17.1 Å². The minimum absolute atomic E-state index is 0.0222. The largest absolute Gasteiger partial charge is 0.497 e. The van der Waals surface area contributed by atoms with Crippen LogP contribution in [0.15, 0.2) is 48.5 Å². The molecule has 7 heteroatoms. The second kappa shape index (κ2) is 8.65. The van der Waals surface area contributed by atoms with Gasteiger partial charge in [0.25, 0.3) is 0 Å². The SMILES string of the molecule is CCN(C(=O)NC1CC(=O)N(c2cccc(OC)c2)C1)c1ccc(OC)cc1. The zero-order chi connectivity index (χ0) is 20.1. The van der Waals surface area contributed by atoms with Crippen molar-refractivity contribution in [3.05, 3.63) is 48.5 Å². The lowest BCUT2D eigenvalue weighted by Crippen LogP contribution is -2.46. The topological polar surface area (TPSA) is 71.1 Å². The molecule has 1 fully saturated rings. The van der Waals surface area contributed by atoms with Crippen molar-refractivity contribution >= 4 is 23.3 Å². The van der Waals surface area contributed by atoms with Crippen LogP contribution in [0.25, 0.3) is 0 Å². The summed E-state index contributed by atoms with van der Waals surface area (Å²) in [5, 5.41) is 2.98. The monoisotopic (exact) mass is 383 g/mol. The predicted octanol–water partition coefficient (Wildman–Crippen LogP) is 3.05. The lowest BCUT2D eigenvalue weighted by atomic mass is 10.2. The third-order valence-corrected chi connectivity index (χ3v) is 4.76. The number of urea groups is 1. The number of nitrogens with zero attached hydrogens (tertiary/aromatic N) is 2. The first-order valence-corrected chi connectivity index (χ1v) is 9.22. The number of carbonyl (C=O) groups is 2. The number of nitrogens with one attached hydrogen (secondary N) is 1. The summed E-state index contributed by atoms with van der Waals surface area (Å²) in [4.78, 5) is 28.5. The molecule has 2 aromatic carbocycles. The van der Waals surface area contributed by atoms with Crippen molar-refractivity contribution in [2.45, 2.75) is 19.4 Å². The van der Waals surface area contributed by atoms with Crippen LogP contribution in [0, 0.1) is 0 Å². The molecule has 1 aliphatic heterocycles. The highest BCUT2D eigenvalue weighted by molar-refractivity contribution is 5.98. The van der Waals surface area contributed by atoms with Gasteiger partial charge in [0, 0.05) is 37.0 Å². The van der Waals surface area contributed by atoms with E-state index in [-0.39, 0.29) is 24.4 Å². The minimum atomic E-state index is -0.251. The maximum atomic E-state index is 12.8. The van der Waals surface area contributed by atoms with Gasteiger partial charge in [0.05, 0.1) is 20.3 Å². The normalized spacial score (nSPS) is 16.0.